The molecule has 6 aromatic rings. The van der Waals surface area contributed by atoms with Crippen molar-refractivity contribution in [2.45, 2.75) is 31.8 Å². The van der Waals surface area contributed by atoms with Crippen molar-refractivity contribution in [2.75, 3.05) is 0 Å². The maximum absolute atomic E-state index is 4.51. The fourth-order valence-electron chi connectivity index (χ4n) is 4.64. The predicted octanol–water partition coefficient (Wildman–Crippen LogP) is 6.61. The number of nitrogens with zero attached hydrogens (tertiary/aromatic N) is 10. The summed E-state index contributed by atoms with van der Waals surface area (Å²) in [7, 11) is 0. The van der Waals surface area contributed by atoms with Crippen LogP contribution in [0.15, 0.2) is 110 Å². The topological polar surface area (TPSA) is 95.4 Å². The molecule has 3 atom stereocenters. The second-order valence-corrected chi connectivity index (χ2v) is 13.5. The van der Waals surface area contributed by atoms with Crippen molar-refractivity contribution in [3.8, 4) is 0 Å². The Morgan fingerprint density at radius 1 is 0.465 bits per heavy atom. The SMILES string of the molecule is IC(c1ccccc1)n1cc(CN(Cc2cn(C(I)c3ccccc3)nn2)Cc2cn(C(I)c3ccccc3)nn2)nn1. The zero-order chi connectivity index (χ0) is 29.6. The van der Waals surface area contributed by atoms with Crippen LogP contribution in [0.4, 0.5) is 0 Å². The third-order valence-electron chi connectivity index (χ3n) is 6.75. The molecule has 0 bridgehead atoms. The summed E-state index contributed by atoms with van der Waals surface area (Å²) in [5, 5.41) is 26.9. The highest BCUT2D eigenvalue weighted by Gasteiger charge is 2.19. The molecule has 3 aromatic carbocycles. The van der Waals surface area contributed by atoms with Crippen molar-refractivity contribution >= 4 is 67.8 Å². The van der Waals surface area contributed by atoms with Gasteiger partial charge in [-0.3, -0.25) is 4.90 Å². The number of halogens is 3. The van der Waals surface area contributed by atoms with E-state index in [1.165, 1.54) is 16.7 Å². The van der Waals surface area contributed by atoms with Crippen molar-refractivity contribution in [2.24, 2.45) is 0 Å². The van der Waals surface area contributed by atoms with Crippen molar-refractivity contribution in [3.63, 3.8) is 0 Å². The van der Waals surface area contributed by atoms with Gasteiger partial charge >= 0.3 is 0 Å². The molecule has 3 heterocycles. The summed E-state index contributed by atoms with van der Waals surface area (Å²) in [5.41, 5.74) is 6.10. The van der Waals surface area contributed by atoms with Gasteiger partial charge in [0.05, 0.1) is 35.7 Å². The molecule has 0 aliphatic heterocycles. The maximum Gasteiger partial charge on any atom is 0.130 e. The van der Waals surface area contributed by atoms with Gasteiger partial charge in [-0.2, -0.15) is 0 Å². The molecule has 0 N–H and O–H groups in total. The van der Waals surface area contributed by atoms with Crippen molar-refractivity contribution in [3.05, 3.63) is 143 Å². The van der Waals surface area contributed by atoms with Crippen LogP contribution in [0.5, 0.6) is 0 Å². The van der Waals surface area contributed by atoms with E-state index in [1.54, 1.807) is 0 Å². The molecule has 0 amide bonds. The summed E-state index contributed by atoms with van der Waals surface area (Å²) in [6.07, 6.45) is 6.03. The van der Waals surface area contributed by atoms with Gasteiger partial charge in [-0.1, -0.05) is 174 Å². The van der Waals surface area contributed by atoms with Crippen molar-refractivity contribution < 1.29 is 0 Å². The Balaban J connectivity index is 1.21. The average molecular weight is 908 g/mol. The van der Waals surface area contributed by atoms with Gasteiger partial charge in [0.25, 0.3) is 0 Å². The lowest BCUT2D eigenvalue weighted by molar-refractivity contribution is 0.238. The molecule has 10 nitrogen and oxygen atoms in total. The van der Waals surface area contributed by atoms with Gasteiger partial charge in [0.15, 0.2) is 0 Å². The molecule has 3 unspecified atom stereocenters. The van der Waals surface area contributed by atoms with Crippen LogP contribution in [0, 0.1) is 0 Å². The zero-order valence-electron chi connectivity index (χ0n) is 22.9. The Kier molecular flexibility index (Phi) is 10.1. The molecule has 13 heteroatoms. The molecular formula is C30H27I3N10. The van der Waals surface area contributed by atoms with Crippen LogP contribution >= 0.6 is 67.8 Å². The number of hydrogen-bond donors (Lipinski definition) is 0. The fourth-order valence-corrected chi connectivity index (χ4v) is 6.70. The Morgan fingerprint density at radius 3 is 1.02 bits per heavy atom. The first-order chi connectivity index (χ1) is 21.0. The summed E-state index contributed by atoms with van der Waals surface area (Å²) in [5.74, 6) is 0. The summed E-state index contributed by atoms with van der Waals surface area (Å²) in [6, 6.07) is 30.9. The Labute approximate surface area is 290 Å². The largest absolute Gasteiger partial charge is 0.285 e. The maximum atomic E-state index is 4.51. The Hall–Kier alpha value is -2.77. The number of aromatic nitrogens is 9. The van der Waals surface area contributed by atoms with E-state index in [1.807, 2.05) is 87.2 Å². The minimum atomic E-state index is 0.0467. The normalized spacial score (nSPS) is 13.7. The third kappa shape index (κ3) is 7.66. The third-order valence-corrected chi connectivity index (χ3v) is 10.6. The molecule has 0 fully saturated rings. The molecule has 218 valence electrons. The molecule has 43 heavy (non-hydrogen) atoms. The second-order valence-electron chi connectivity index (χ2n) is 9.95. The highest BCUT2D eigenvalue weighted by Crippen LogP contribution is 2.27. The van der Waals surface area contributed by atoms with Crippen LogP contribution < -0.4 is 0 Å². The molecule has 0 spiro atoms. The standard InChI is InChI=1S/C30H27I3N10/c31-28(22-10-4-1-5-11-22)41-19-25(34-37-41)16-40(17-26-20-42(38-35-26)29(32)23-12-6-2-7-13-23)18-27-21-43(39-36-27)30(33)24-14-8-3-9-15-24/h1-15,19-21,28-30H,16-18H2. The van der Waals surface area contributed by atoms with Crippen LogP contribution in [-0.2, 0) is 19.6 Å². The average Bonchev–Trinajstić information content (AvgIpc) is 3.83. The highest BCUT2D eigenvalue weighted by atomic mass is 127. The molecule has 3 aromatic heterocycles. The fraction of sp³-hybridized carbons (Fsp3) is 0.200. The van der Waals surface area contributed by atoms with Crippen LogP contribution in [0.25, 0.3) is 0 Å². The first kappa shape index (κ1) is 30.3. The lowest BCUT2D eigenvalue weighted by Gasteiger charge is -2.18. The summed E-state index contributed by atoms with van der Waals surface area (Å²) in [6.45, 7) is 1.70. The monoisotopic (exact) mass is 908 g/mol. The number of rotatable bonds is 12. The smallest absolute Gasteiger partial charge is 0.130 e. The van der Waals surface area contributed by atoms with Crippen LogP contribution in [-0.4, -0.2) is 49.9 Å². The van der Waals surface area contributed by atoms with Crippen molar-refractivity contribution in [1.82, 2.24) is 49.9 Å². The van der Waals surface area contributed by atoms with Gasteiger partial charge in [0.2, 0.25) is 0 Å². The lowest BCUT2D eigenvalue weighted by atomic mass is 10.2. The minimum Gasteiger partial charge on any atom is -0.285 e. The van der Waals surface area contributed by atoms with E-state index < -0.39 is 0 Å². The van der Waals surface area contributed by atoms with E-state index in [4.69, 9.17) is 0 Å². The van der Waals surface area contributed by atoms with E-state index in [-0.39, 0.29) is 12.1 Å². The van der Waals surface area contributed by atoms with E-state index in [9.17, 15) is 0 Å². The summed E-state index contributed by atoms with van der Waals surface area (Å²) >= 11 is 7.16. The number of benzene rings is 3. The Bertz CT molecular complexity index is 1520. The van der Waals surface area contributed by atoms with Gasteiger partial charge in [-0.25, -0.2) is 14.0 Å². The van der Waals surface area contributed by atoms with E-state index in [0.29, 0.717) is 19.6 Å². The molecule has 0 saturated heterocycles. The molecule has 0 saturated carbocycles. The molecule has 6 rings (SSSR count). The summed E-state index contributed by atoms with van der Waals surface area (Å²) in [4.78, 5) is 2.25. The van der Waals surface area contributed by atoms with Gasteiger partial charge < -0.3 is 0 Å². The highest BCUT2D eigenvalue weighted by molar-refractivity contribution is 14.1. The van der Waals surface area contributed by atoms with Gasteiger partial charge in [0.1, 0.15) is 12.1 Å². The Morgan fingerprint density at radius 2 is 0.744 bits per heavy atom. The molecule has 0 radical (unpaired) electrons. The molecule has 0 aliphatic rings. The van der Waals surface area contributed by atoms with E-state index >= 15 is 0 Å². The van der Waals surface area contributed by atoms with Crippen molar-refractivity contribution in [1.29, 1.82) is 0 Å². The molecule has 0 aliphatic carbocycles. The molecular weight excluding hydrogens is 881 g/mol. The lowest BCUT2D eigenvalue weighted by Crippen LogP contribution is -2.23. The first-order valence-corrected chi connectivity index (χ1v) is 17.3. The van der Waals surface area contributed by atoms with Gasteiger partial charge in [-0.05, 0) is 16.7 Å². The summed E-state index contributed by atoms with van der Waals surface area (Å²) < 4.78 is 5.84. The first-order valence-electron chi connectivity index (χ1n) is 13.5. The zero-order valence-corrected chi connectivity index (χ0v) is 29.3. The quantitative estimate of drug-likeness (QED) is 0.101. The minimum absolute atomic E-state index is 0.0467. The van der Waals surface area contributed by atoms with E-state index in [2.05, 4.69) is 140 Å². The van der Waals surface area contributed by atoms with E-state index in [0.717, 1.165) is 17.1 Å². The van der Waals surface area contributed by atoms with Crippen LogP contribution in [0.1, 0.15) is 45.9 Å². The second kappa shape index (κ2) is 14.3. The van der Waals surface area contributed by atoms with Gasteiger partial charge in [-0.15, -0.1) is 15.3 Å². The van der Waals surface area contributed by atoms with Crippen LogP contribution in [0.3, 0.4) is 0 Å². The predicted molar refractivity (Wildman–Crippen MR) is 189 cm³/mol. The number of alkyl halides is 3. The number of hydrogen-bond acceptors (Lipinski definition) is 7. The van der Waals surface area contributed by atoms with Crippen LogP contribution in [0.2, 0.25) is 0 Å². The van der Waals surface area contributed by atoms with Gasteiger partial charge in [0, 0.05) is 19.6 Å².